The van der Waals surface area contributed by atoms with Crippen LogP contribution in [0.1, 0.15) is 26.7 Å². The van der Waals surface area contributed by atoms with Crippen LogP contribution in [0, 0.1) is 5.41 Å². The van der Waals surface area contributed by atoms with Crippen LogP contribution in [0.4, 0.5) is 0 Å². The zero-order valence-corrected chi connectivity index (χ0v) is 11.2. The summed E-state index contributed by atoms with van der Waals surface area (Å²) in [6, 6.07) is 0.397. The van der Waals surface area contributed by atoms with Crippen LogP contribution >= 0.6 is 24.8 Å². The first kappa shape index (κ1) is 17.8. The highest BCUT2D eigenvalue weighted by atomic mass is 35.5. The molecule has 0 amide bonds. The fraction of sp³-hybridized carbons (Fsp3) is 1.00. The van der Waals surface area contributed by atoms with Crippen molar-refractivity contribution in [2.24, 2.45) is 11.1 Å². The summed E-state index contributed by atoms with van der Waals surface area (Å²) < 4.78 is 0. The number of rotatable bonds is 3. The molecule has 0 unspecified atom stereocenters. The lowest BCUT2D eigenvalue weighted by Gasteiger charge is -2.35. The van der Waals surface area contributed by atoms with Crippen LogP contribution in [0.5, 0.6) is 0 Å². The third-order valence-electron chi connectivity index (χ3n) is 2.71. The molecule has 0 saturated carbocycles. The van der Waals surface area contributed by atoms with Crippen molar-refractivity contribution in [3.05, 3.63) is 0 Å². The summed E-state index contributed by atoms with van der Waals surface area (Å²) in [4.78, 5) is 2.40. The van der Waals surface area contributed by atoms with Gasteiger partial charge in [-0.3, -0.25) is 0 Å². The average molecular weight is 259 g/mol. The minimum atomic E-state index is 0. The van der Waals surface area contributed by atoms with E-state index in [2.05, 4.69) is 18.7 Å². The first-order valence-electron chi connectivity index (χ1n) is 5.12. The van der Waals surface area contributed by atoms with E-state index in [0.29, 0.717) is 6.04 Å². The van der Waals surface area contributed by atoms with Crippen LogP contribution in [0.3, 0.4) is 0 Å². The summed E-state index contributed by atoms with van der Waals surface area (Å²) in [6.45, 7) is 7.62. The predicted octanol–water partition coefficient (Wildman–Crippen LogP) is 1.27. The third kappa shape index (κ3) is 6.59. The summed E-state index contributed by atoms with van der Waals surface area (Å²) in [5, 5.41) is 9.13. The van der Waals surface area contributed by atoms with E-state index in [0.717, 1.165) is 32.5 Å². The first-order valence-corrected chi connectivity index (χ1v) is 5.12. The Hall–Kier alpha value is 0.460. The van der Waals surface area contributed by atoms with Crippen molar-refractivity contribution in [3.8, 4) is 0 Å². The van der Waals surface area contributed by atoms with Gasteiger partial charge >= 0.3 is 0 Å². The van der Waals surface area contributed by atoms with Crippen molar-refractivity contribution in [3.63, 3.8) is 0 Å². The number of piperidine rings is 1. The van der Waals surface area contributed by atoms with Gasteiger partial charge in [-0.15, -0.1) is 24.8 Å². The largest absolute Gasteiger partial charge is 0.396 e. The SMILES string of the molecule is CC(C)(CO)CN1CCC(N)CC1.Cl.Cl. The normalized spacial score (nSPS) is 19.2. The van der Waals surface area contributed by atoms with Crippen molar-refractivity contribution in [1.82, 2.24) is 4.90 Å². The second kappa shape index (κ2) is 7.69. The maximum atomic E-state index is 9.13. The molecule has 3 nitrogen and oxygen atoms in total. The molecule has 0 spiro atoms. The number of aliphatic hydroxyl groups excluding tert-OH is 1. The van der Waals surface area contributed by atoms with Gasteiger partial charge in [0.2, 0.25) is 0 Å². The summed E-state index contributed by atoms with van der Waals surface area (Å²) >= 11 is 0. The average Bonchev–Trinajstić information content (AvgIpc) is 2.09. The smallest absolute Gasteiger partial charge is 0.0494 e. The second-order valence-electron chi connectivity index (χ2n) is 4.94. The van der Waals surface area contributed by atoms with Crippen LogP contribution in [0.15, 0.2) is 0 Å². The number of hydrogen-bond acceptors (Lipinski definition) is 3. The highest BCUT2D eigenvalue weighted by Crippen LogP contribution is 2.18. The van der Waals surface area contributed by atoms with E-state index in [1.54, 1.807) is 0 Å². The van der Waals surface area contributed by atoms with Crippen LogP contribution in [-0.4, -0.2) is 42.3 Å². The second-order valence-corrected chi connectivity index (χ2v) is 4.94. The number of halogens is 2. The van der Waals surface area contributed by atoms with E-state index in [-0.39, 0.29) is 36.8 Å². The molecule has 1 aliphatic heterocycles. The van der Waals surface area contributed by atoms with Gasteiger partial charge in [-0.05, 0) is 25.9 Å². The van der Waals surface area contributed by atoms with Gasteiger partial charge in [0.1, 0.15) is 0 Å². The standard InChI is InChI=1S/C10H22N2O.2ClH/c1-10(2,8-13)7-12-5-3-9(11)4-6-12;;/h9,13H,3-8,11H2,1-2H3;2*1H. The Kier molecular flexibility index (Phi) is 9.14. The number of likely N-dealkylation sites (tertiary alicyclic amines) is 1. The Bertz CT molecular complexity index is 160. The van der Waals surface area contributed by atoms with Gasteiger partial charge in [0, 0.05) is 24.6 Å². The molecule has 94 valence electrons. The molecule has 0 aromatic heterocycles. The Morgan fingerprint density at radius 2 is 1.73 bits per heavy atom. The van der Waals surface area contributed by atoms with E-state index in [9.17, 15) is 0 Å². The summed E-state index contributed by atoms with van der Waals surface area (Å²) in [6.07, 6.45) is 2.20. The maximum Gasteiger partial charge on any atom is 0.0494 e. The zero-order valence-electron chi connectivity index (χ0n) is 9.61. The van der Waals surface area contributed by atoms with Gasteiger partial charge < -0.3 is 15.7 Å². The van der Waals surface area contributed by atoms with Gasteiger partial charge in [0.25, 0.3) is 0 Å². The number of nitrogens with two attached hydrogens (primary N) is 1. The quantitative estimate of drug-likeness (QED) is 0.802. The topological polar surface area (TPSA) is 49.5 Å². The number of aliphatic hydroxyl groups is 1. The van der Waals surface area contributed by atoms with Crippen molar-refractivity contribution >= 4 is 24.8 Å². The molecule has 3 N–H and O–H groups in total. The summed E-state index contributed by atoms with van der Waals surface area (Å²) in [5.41, 5.74) is 5.85. The Morgan fingerprint density at radius 3 is 2.13 bits per heavy atom. The Morgan fingerprint density at radius 1 is 1.27 bits per heavy atom. The molecule has 0 aromatic rings. The Labute approximate surface area is 105 Å². The lowest BCUT2D eigenvalue weighted by atomic mass is 9.93. The molecule has 1 aliphatic rings. The molecule has 1 rings (SSSR count). The molecule has 0 radical (unpaired) electrons. The van der Waals surface area contributed by atoms with Crippen LogP contribution in [0.25, 0.3) is 0 Å². The van der Waals surface area contributed by atoms with Gasteiger partial charge in [0.15, 0.2) is 0 Å². The maximum absolute atomic E-state index is 9.13. The summed E-state index contributed by atoms with van der Waals surface area (Å²) in [7, 11) is 0. The van der Waals surface area contributed by atoms with Gasteiger partial charge in [-0.1, -0.05) is 13.8 Å². The fourth-order valence-electron chi connectivity index (χ4n) is 1.77. The van der Waals surface area contributed by atoms with E-state index >= 15 is 0 Å². The summed E-state index contributed by atoms with van der Waals surface area (Å²) in [5.74, 6) is 0. The van der Waals surface area contributed by atoms with Crippen LogP contribution in [-0.2, 0) is 0 Å². The van der Waals surface area contributed by atoms with Crippen LogP contribution < -0.4 is 5.73 Å². The first-order chi connectivity index (χ1) is 6.03. The molecule has 0 bridgehead atoms. The molecule has 0 atom stereocenters. The fourth-order valence-corrected chi connectivity index (χ4v) is 1.77. The molecule has 0 aromatic carbocycles. The van der Waals surface area contributed by atoms with Crippen LogP contribution in [0.2, 0.25) is 0 Å². The minimum absolute atomic E-state index is 0. The molecule has 0 aliphatic carbocycles. The van der Waals surface area contributed by atoms with Crippen molar-refractivity contribution < 1.29 is 5.11 Å². The number of nitrogens with zero attached hydrogens (tertiary/aromatic N) is 1. The van der Waals surface area contributed by atoms with E-state index in [1.165, 1.54) is 0 Å². The van der Waals surface area contributed by atoms with Gasteiger partial charge in [-0.25, -0.2) is 0 Å². The van der Waals surface area contributed by atoms with Crippen molar-refractivity contribution in [2.45, 2.75) is 32.7 Å². The minimum Gasteiger partial charge on any atom is -0.396 e. The monoisotopic (exact) mass is 258 g/mol. The molecule has 5 heteroatoms. The number of hydrogen-bond donors (Lipinski definition) is 2. The molecule has 1 heterocycles. The molecule has 15 heavy (non-hydrogen) atoms. The molecular formula is C10H24Cl2N2O. The molecule has 1 saturated heterocycles. The van der Waals surface area contributed by atoms with E-state index in [1.807, 2.05) is 0 Å². The highest BCUT2D eigenvalue weighted by Gasteiger charge is 2.23. The molecular weight excluding hydrogens is 235 g/mol. The van der Waals surface area contributed by atoms with Gasteiger partial charge in [0.05, 0.1) is 0 Å². The lowest BCUT2D eigenvalue weighted by Crippen LogP contribution is -2.44. The third-order valence-corrected chi connectivity index (χ3v) is 2.71. The molecule has 1 fully saturated rings. The van der Waals surface area contributed by atoms with E-state index in [4.69, 9.17) is 10.8 Å². The van der Waals surface area contributed by atoms with Gasteiger partial charge in [-0.2, -0.15) is 0 Å². The zero-order chi connectivity index (χ0) is 9.90. The van der Waals surface area contributed by atoms with E-state index < -0.39 is 0 Å². The predicted molar refractivity (Wildman–Crippen MR) is 69.0 cm³/mol. The Balaban J connectivity index is 0. The lowest BCUT2D eigenvalue weighted by molar-refractivity contribution is 0.0890. The van der Waals surface area contributed by atoms with Crippen molar-refractivity contribution in [1.29, 1.82) is 0 Å². The highest BCUT2D eigenvalue weighted by molar-refractivity contribution is 5.85. The van der Waals surface area contributed by atoms with Crippen molar-refractivity contribution in [2.75, 3.05) is 26.2 Å².